The average molecular weight is 201 g/mol. The summed E-state index contributed by atoms with van der Waals surface area (Å²) in [5.74, 6) is 0. The highest BCUT2D eigenvalue weighted by Crippen LogP contribution is 1.93. The molecule has 1 N–H and O–H groups in total. The van der Waals surface area contributed by atoms with Gasteiger partial charge in [-0.1, -0.05) is 12.2 Å². The number of ether oxygens (including phenoxy) is 2. The summed E-state index contributed by atoms with van der Waals surface area (Å²) in [7, 11) is 0. The van der Waals surface area contributed by atoms with Crippen LogP contribution in [0.5, 0.6) is 0 Å². The van der Waals surface area contributed by atoms with Gasteiger partial charge in [0.1, 0.15) is 0 Å². The van der Waals surface area contributed by atoms with E-state index in [1.807, 2.05) is 20.8 Å². The Labute approximate surface area is 87.5 Å². The Balaban J connectivity index is 3.39. The molecule has 0 fully saturated rings. The van der Waals surface area contributed by atoms with Gasteiger partial charge in [-0.25, -0.2) is 0 Å². The fraction of sp³-hybridized carbons (Fsp3) is 0.818. The molecule has 0 unspecified atom stereocenters. The van der Waals surface area contributed by atoms with Crippen molar-refractivity contribution in [3.63, 3.8) is 0 Å². The van der Waals surface area contributed by atoms with Crippen LogP contribution in [0, 0.1) is 0 Å². The molecule has 84 valence electrons. The third-order valence-electron chi connectivity index (χ3n) is 1.74. The fourth-order valence-corrected chi connectivity index (χ4v) is 1.11. The van der Waals surface area contributed by atoms with Crippen LogP contribution >= 0.6 is 0 Å². The van der Waals surface area contributed by atoms with E-state index < -0.39 is 0 Å². The Hall–Kier alpha value is -0.380. The molecule has 14 heavy (non-hydrogen) atoms. The summed E-state index contributed by atoms with van der Waals surface area (Å²) >= 11 is 0. The van der Waals surface area contributed by atoms with Crippen molar-refractivity contribution in [3.8, 4) is 0 Å². The van der Waals surface area contributed by atoms with E-state index in [-0.39, 0.29) is 6.29 Å². The van der Waals surface area contributed by atoms with E-state index in [9.17, 15) is 0 Å². The molecule has 3 heteroatoms. The van der Waals surface area contributed by atoms with Crippen LogP contribution < -0.4 is 5.32 Å². The monoisotopic (exact) mass is 201 g/mol. The summed E-state index contributed by atoms with van der Waals surface area (Å²) < 4.78 is 10.8. The summed E-state index contributed by atoms with van der Waals surface area (Å²) in [5.41, 5.74) is 0. The third kappa shape index (κ3) is 8.23. The van der Waals surface area contributed by atoms with Gasteiger partial charge in [-0.15, -0.1) is 0 Å². The molecule has 0 aromatic rings. The highest BCUT2D eigenvalue weighted by atomic mass is 16.7. The zero-order chi connectivity index (χ0) is 10.6. The smallest absolute Gasteiger partial charge is 0.169 e. The van der Waals surface area contributed by atoms with Crippen molar-refractivity contribution in [2.45, 2.75) is 33.5 Å². The van der Waals surface area contributed by atoms with Gasteiger partial charge in [0.25, 0.3) is 0 Å². The highest BCUT2D eigenvalue weighted by molar-refractivity contribution is 4.77. The predicted octanol–water partition coefficient (Wildman–Crippen LogP) is 1.94. The van der Waals surface area contributed by atoms with Crippen LogP contribution in [0.4, 0.5) is 0 Å². The molecule has 0 saturated carbocycles. The van der Waals surface area contributed by atoms with E-state index in [2.05, 4.69) is 17.5 Å². The molecule has 0 aliphatic heterocycles. The standard InChI is InChI=1S/C11H23NO2/c1-4-7-8-9-12-10-11(13-5-2)14-6-3/h4,7,11-12H,5-6,8-10H2,1-3H3/b7-4+. The van der Waals surface area contributed by atoms with Crippen LogP contribution in [0.2, 0.25) is 0 Å². The molecular weight excluding hydrogens is 178 g/mol. The zero-order valence-corrected chi connectivity index (χ0v) is 9.58. The number of hydrogen-bond acceptors (Lipinski definition) is 3. The lowest BCUT2D eigenvalue weighted by Crippen LogP contribution is -2.32. The van der Waals surface area contributed by atoms with Gasteiger partial charge in [-0.05, 0) is 33.7 Å². The van der Waals surface area contributed by atoms with Gasteiger partial charge in [0, 0.05) is 19.8 Å². The minimum Gasteiger partial charge on any atom is -0.352 e. The van der Waals surface area contributed by atoms with E-state index in [0.29, 0.717) is 13.2 Å². The van der Waals surface area contributed by atoms with Crippen LogP contribution in [0.1, 0.15) is 27.2 Å². The molecule has 0 rings (SSSR count). The molecule has 0 radical (unpaired) electrons. The normalized spacial score (nSPS) is 11.7. The van der Waals surface area contributed by atoms with Crippen LogP contribution in [-0.2, 0) is 9.47 Å². The molecule has 0 aromatic heterocycles. The van der Waals surface area contributed by atoms with E-state index in [1.54, 1.807) is 0 Å². The van der Waals surface area contributed by atoms with Crippen LogP contribution in [0.15, 0.2) is 12.2 Å². The van der Waals surface area contributed by atoms with Gasteiger partial charge in [0.05, 0.1) is 0 Å². The molecule has 0 heterocycles. The van der Waals surface area contributed by atoms with Gasteiger partial charge >= 0.3 is 0 Å². The summed E-state index contributed by atoms with van der Waals surface area (Å²) in [6.07, 6.45) is 5.16. The second-order valence-corrected chi connectivity index (χ2v) is 2.90. The Morgan fingerprint density at radius 3 is 2.36 bits per heavy atom. The molecule has 0 aliphatic rings. The molecule has 0 saturated heterocycles. The first kappa shape index (κ1) is 13.6. The summed E-state index contributed by atoms with van der Waals surface area (Å²) in [5, 5.41) is 3.29. The summed E-state index contributed by atoms with van der Waals surface area (Å²) in [4.78, 5) is 0. The maximum absolute atomic E-state index is 5.39. The first-order chi connectivity index (χ1) is 6.85. The maximum atomic E-state index is 5.39. The van der Waals surface area contributed by atoms with E-state index in [0.717, 1.165) is 19.5 Å². The molecular formula is C11H23NO2. The number of hydrogen-bond donors (Lipinski definition) is 1. The van der Waals surface area contributed by atoms with Gasteiger partial charge in [0.2, 0.25) is 0 Å². The van der Waals surface area contributed by atoms with Crippen molar-refractivity contribution >= 4 is 0 Å². The van der Waals surface area contributed by atoms with Crippen molar-refractivity contribution in [1.82, 2.24) is 5.32 Å². The minimum absolute atomic E-state index is 0.101. The summed E-state index contributed by atoms with van der Waals surface area (Å²) in [6.45, 7) is 9.11. The van der Waals surface area contributed by atoms with E-state index >= 15 is 0 Å². The second-order valence-electron chi connectivity index (χ2n) is 2.90. The average Bonchev–Trinajstić information content (AvgIpc) is 2.18. The first-order valence-corrected chi connectivity index (χ1v) is 5.40. The highest BCUT2D eigenvalue weighted by Gasteiger charge is 2.05. The number of nitrogens with one attached hydrogen (secondary N) is 1. The SMILES string of the molecule is C/C=C/CCNCC(OCC)OCC. The van der Waals surface area contributed by atoms with Crippen molar-refractivity contribution in [2.24, 2.45) is 0 Å². The predicted molar refractivity (Wildman–Crippen MR) is 59.3 cm³/mol. The Bertz CT molecular complexity index is 131. The van der Waals surface area contributed by atoms with Crippen LogP contribution in [0.25, 0.3) is 0 Å². The third-order valence-corrected chi connectivity index (χ3v) is 1.74. The molecule has 0 atom stereocenters. The molecule has 0 aromatic carbocycles. The number of rotatable bonds is 9. The largest absolute Gasteiger partial charge is 0.352 e. The molecule has 3 nitrogen and oxygen atoms in total. The van der Waals surface area contributed by atoms with Gasteiger partial charge in [-0.2, -0.15) is 0 Å². The maximum Gasteiger partial charge on any atom is 0.169 e. The summed E-state index contributed by atoms with van der Waals surface area (Å²) in [6, 6.07) is 0. The number of allylic oxidation sites excluding steroid dienone is 1. The fourth-order valence-electron chi connectivity index (χ4n) is 1.11. The first-order valence-electron chi connectivity index (χ1n) is 5.40. The van der Waals surface area contributed by atoms with Crippen molar-refractivity contribution in [2.75, 3.05) is 26.3 Å². The van der Waals surface area contributed by atoms with Gasteiger partial charge < -0.3 is 14.8 Å². The van der Waals surface area contributed by atoms with E-state index in [4.69, 9.17) is 9.47 Å². The quantitative estimate of drug-likeness (QED) is 0.351. The Morgan fingerprint density at radius 1 is 1.21 bits per heavy atom. The second kappa shape index (κ2) is 10.7. The molecule has 0 amide bonds. The van der Waals surface area contributed by atoms with Gasteiger partial charge in [0.15, 0.2) is 6.29 Å². The van der Waals surface area contributed by atoms with Crippen LogP contribution in [-0.4, -0.2) is 32.6 Å². The molecule has 0 aliphatic carbocycles. The lowest BCUT2D eigenvalue weighted by molar-refractivity contribution is -0.132. The lowest BCUT2D eigenvalue weighted by Gasteiger charge is -2.17. The minimum atomic E-state index is -0.101. The van der Waals surface area contributed by atoms with Crippen LogP contribution in [0.3, 0.4) is 0 Å². The van der Waals surface area contributed by atoms with Crippen molar-refractivity contribution in [1.29, 1.82) is 0 Å². The molecule has 0 spiro atoms. The van der Waals surface area contributed by atoms with Crippen molar-refractivity contribution < 1.29 is 9.47 Å². The lowest BCUT2D eigenvalue weighted by atomic mass is 10.4. The Morgan fingerprint density at radius 2 is 1.86 bits per heavy atom. The Kier molecular flexibility index (Phi) is 10.4. The molecule has 0 bridgehead atoms. The van der Waals surface area contributed by atoms with Crippen molar-refractivity contribution in [3.05, 3.63) is 12.2 Å². The topological polar surface area (TPSA) is 30.5 Å². The van der Waals surface area contributed by atoms with Gasteiger partial charge in [-0.3, -0.25) is 0 Å². The zero-order valence-electron chi connectivity index (χ0n) is 9.58. The van der Waals surface area contributed by atoms with E-state index in [1.165, 1.54) is 0 Å².